The number of anilines is 1. The third kappa shape index (κ3) is 3.12. The summed E-state index contributed by atoms with van der Waals surface area (Å²) in [7, 11) is 0. The van der Waals surface area contributed by atoms with Crippen LogP contribution in [-0.2, 0) is 4.74 Å². The molecule has 5 N–H and O–H groups in total. The number of nitro groups is 1. The van der Waals surface area contributed by atoms with Crippen LogP contribution in [0.25, 0.3) is 22.2 Å². The lowest BCUT2D eigenvalue weighted by Crippen LogP contribution is -2.33. The maximum absolute atomic E-state index is 11.2. The minimum Gasteiger partial charge on any atom is -0.394 e. The molecule has 5 rings (SSSR count). The van der Waals surface area contributed by atoms with Gasteiger partial charge in [-0.05, 0) is 16.4 Å². The Kier molecular flexibility index (Phi) is 4.86. The highest BCUT2D eigenvalue weighted by atomic mass is 32.2. The largest absolute Gasteiger partial charge is 0.394 e. The zero-order valence-corrected chi connectivity index (χ0v) is 16.7. The summed E-state index contributed by atoms with van der Waals surface area (Å²) in [5.41, 5.74) is 6.27. The smallest absolute Gasteiger partial charge is 0.300 e. The van der Waals surface area contributed by atoms with E-state index in [4.69, 9.17) is 10.5 Å². The molecule has 1 aliphatic rings. The average Bonchev–Trinajstić information content (AvgIpc) is 3.47. The molecular weight excluding hydrogens is 448 g/mol. The van der Waals surface area contributed by atoms with E-state index in [1.54, 1.807) is 0 Å². The maximum Gasteiger partial charge on any atom is 0.300 e. The number of hydrogen-bond acceptors (Lipinski definition) is 14. The van der Waals surface area contributed by atoms with Crippen LogP contribution in [0.15, 0.2) is 33.0 Å². The molecule has 0 amide bonds. The minimum atomic E-state index is -1.34. The standard InChI is InChI=1S/C16H14N8O7S/c17-16-19-13-10(18-4-23(13)15-12(27)11(26)6(3-25)30-15)14(20-16)32-7-2-1-5(24(28)29)8-9(7)22-31-21-8/h1-2,4,6,11-12,15,25-27H,3H2,(H2,17,19,20)/t6-,11+,12+,15-/m0/s1. The van der Waals surface area contributed by atoms with Crippen molar-refractivity contribution in [1.82, 2.24) is 29.8 Å². The van der Waals surface area contributed by atoms with Gasteiger partial charge in [-0.1, -0.05) is 11.8 Å². The first-order valence-corrected chi connectivity index (χ1v) is 9.90. The summed E-state index contributed by atoms with van der Waals surface area (Å²) in [5, 5.41) is 48.6. The molecule has 0 unspecified atom stereocenters. The number of nitrogens with two attached hydrogens (primary N) is 1. The van der Waals surface area contributed by atoms with E-state index in [-0.39, 0.29) is 28.3 Å². The first-order chi connectivity index (χ1) is 15.4. The SMILES string of the molecule is Nc1nc(Sc2ccc([N+](=O)[O-])c3nonc23)c2ncn([C@H]3O[C@@H](CO)[C@@H](O)[C@H]3O)c2n1. The molecule has 3 aromatic heterocycles. The van der Waals surface area contributed by atoms with E-state index in [1.807, 2.05) is 0 Å². The van der Waals surface area contributed by atoms with Crippen molar-refractivity contribution >= 4 is 45.6 Å². The molecule has 1 saturated heterocycles. The zero-order valence-electron chi connectivity index (χ0n) is 15.8. The molecule has 1 aromatic carbocycles. The first-order valence-electron chi connectivity index (χ1n) is 9.09. The molecule has 4 aromatic rings. The molecule has 4 heterocycles. The number of aromatic nitrogens is 6. The van der Waals surface area contributed by atoms with Gasteiger partial charge in [-0.2, -0.15) is 4.98 Å². The highest BCUT2D eigenvalue weighted by Gasteiger charge is 2.44. The summed E-state index contributed by atoms with van der Waals surface area (Å²) >= 11 is 1.06. The molecular formula is C16H14N8O7S. The second-order valence-electron chi connectivity index (χ2n) is 6.84. The van der Waals surface area contributed by atoms with Crippen LogP contribution < -0.4 is 5.73 Å². The van der Waals surface area contributed by atoms with Gasteiger partial charge < -0.3 is 25.8 Å². The van der Waals surface area contributed by atoms with Crippen molar-refractivity contribution in [2.24, 2.45) is 0 Å². The molecule has 0 aliphatic carbocycles. The van der Waals surface area contributed by atoms with Crippen LogP contribution in [0.2, 0.25) is 0 Å². The monoisotopic (exact) mass is 462 g/mol. The van der Waals surface area contributed by atoms with Gasteiger partial charge in [0, 0.05) is 11.0 Å². The molecule has 1 fully saturated rings. The lowest BCUT2D eigenvalue weighted by atomic mass is 10.1. The molecule has 0 bridgehead atoms. The Hall–Kier alpha value is -3.44. The number of nitrogens with zero attached hydrogens (tertiary/aromatic N) is 7. The van der Waals surface area contributed by atoms with Crippen molar-refractivity contribution in [3.8, 4) is 0 Å². The third-order valence-corrected chi connectivity index (χ3v) is 5.99. The normalized spacial score (nSPS) is 23.3. The van der Waals surface area contributed by atoms with Crippen LogP contribution >= 0.6 is 11.8 Å². The number of aliphatic hydroxyl groups is 3. The number of aliphatic hydroxyl groups excluding tert-OH is 3. The number of hydrogen-bond donors (Lipinski definition) is 4. The lowest BCUT2D eigenvalue weighted by Gasteiger charge is -2.16. The summed E-state index contributed by atoms with van der Waals surface area (Å²) < 4.78 is 11.6. The van der Waals surface area contributed by atoms with Crippen LogP contribution in [0, 0.1) is 10.1 Å². The molecule has 0 saturated carbocycles. The van der Waals surface area contributed by atoms with Gasteiger partial charge in [0.2, 0.25) is 11.5 Å². The summed E-state index contributed by atoms with van der Waals surface area (Å²) in [6, 6.07) is 2.75. The van der Waals surface area contributed by atoms with Crippen molar-refractivity contribution in [3.05, 3.63) is 28.6 Å². The predicted molar refractivity (Wildman–Crippen MR) is 105 cm³/mol. The van der Waals surface area contributed by atoms with Gasteiger partial charge in [-0.15, -0.1) is 0 Å². The highest BCUT2D eigenvalue weighted by Crippen LogP contribution is 2.38. The van der Waals surface area contributed by atoms with Crippen molar-refractivity contribution in [3.63, 3.8) is 0 Å². The number of benzene rings is 1. The summed E-state index contributed by atoms with van der Waals surface area (Å²) in [5.74, 6) is -0.107. The second kappa shape index (κ2) is 7.61. The molecule has 4 atom stereocenters. The van der Waals surface area contributed by atoms with E-state index in [9.17, 15) is 25.4 Å². The van der Waals surface area contributed by atoms with Gasteiger partial charge in [0.1, 0.15) is 28.9 Å². The number of imidazole rings is 1. The van der Waals surface area contributed by atoms with E-state index >= 15 is 0 Å². The minimum absolute atomic E-state index is 0.0182. The van der Waals surface area contributed by atoms with Gasteiger partial charge in [0.05, 0.1) is 17.9 Å². The molecule has 0 spiro atoms. The Morgan fingerprint density at radius 3 is 2.69 bits per heavy atom. The fourth-order valence-electron chi connectivity index (χ4n) is 3.44. The topological polar surface area (TPSA) is 222 Å². The Morgan fingerprint density at radius 1 is 1.19 bits per heavy atom. The maximum atomic E-state index is 11.2. The van der Waals surface area contributed by atoms with E-state index < -0.39 is 36.1 Å². The van der Waals surface area contributed by atoms with Crippen LogP contribution in [0.5, 0.6) is 0 Å². The van der Waals surface area contributed by atoms with Crippen molar-refractivity contribution in [2.75, 3.05) is 12.3 Å². The first kappa shape index (κ1) is 20.5. The molecule has 0 radical (unpaired) electrons. The van der Waals surface area contributed by atoms with Gasteiger partial charge in [-0.25, -0.2) is 14.6 Å². The lowest BCUT2D eigenvalue weighted by molar-refractivity contribution is -0.383. The molecule has 32 heavy (non-hydrogen) atoms. The summed E-state index contributed by atoms with van der Waals surface area (Å²) in [6.45, 7) is -0.485. The van der Waals surface area contributed by atoms with Gasteiger partial charge in [0.15, 0.2) is 17.4 Å². The average molecular weight is 462 g/mol. The van der Waals surface area contributed by atoms with Crippen LogP contribution in [0.1, 0.15) is 6.23 Å². The third-order valence-electron chi connectivity index (χ3n) is 4.96. The van der Waals surface area contributed by atoms with E-state index in [1.165, 1.54) is 23.0 Å². The highest BCUT2D eigenvalue weighted by molar-refractivity contribution is 7.99. The van der Waals surface area contributed by atoms with Gasteiger partial charge >= 0.3 is 5.69 Å². The quantitative estimate of drug-likeness (QED) is 0.169. The van der Waals surface area contributed by atoms with Crippen LogP contribution in [-0.4, -0.2) is 75.0 Å². The Bertz CT molecular complexity index is 1340. The van der Waals surface area contributed by atoms with E-state index in [0.29, 0.717) is 15.4 Å². The van der Waals surface area contributed by atoms with Gasteiger partial charge in [0.25, 0.3) is 0 Å². The summed E-state index contributed by atoms with van der Waals surface area (Å²) in [4.78, 5) is 23.7. The number of fused-ring (bicyclic) bond motifs is 2. The fourth-order valence-corrected chi connectivity index (χ4v) is 4.39. The van der Waals surface area contributed by atoms with Crippen molar-refractivity contribution in [1.29, 1.82) is 0 Å². The van der Waals surface area contributed by atoms with Crippen molar-refractivity contribution in [2.45, 2.75) is 34.5 Å². The zero-order chi connectivity index (χ0) is 22.6. The molecule has 166 valence electrons. The predicted octanol–water partition coefficient (Wildman–Crippen LogP) is -0.384. The number of rotatable bonds is 5. The Morgan fingerprint density at radius 2 is 1.97 bits per heavy atom. The second-order valence-corrected chi connectivity index (χ2v) is 7.87. The number of nitro benzene ring substituents is 1. The van der Waals surface area contributed by atoms with Gasteiger partial charge in [-0.3, -0.25) is 14.7 Å². The van der Waals surface area contributed by atoms with Crippen molar-refractivity contribution < 1.29 is 29.6 Å². The number of nitrogen functional groups attached to an aromatic ring is 1. The Labute approximate surface area is 180 Å². The molecule has 16 heteroatoms. The number of ether oxygens (including phenoxy) is 1. The van der Waals surface area contributed by atoms with Crippen LogP contribution in [0.3, 0.4) is 0 Å². The fraction of sp³-hybridized carbons (Fsp3) is 0.312. The molecule has 1 aliphatic heterocycles. The van der Waals surface area contributed by atoms with Crippen LogP contribution in [0.4, 0.5) is 11.6 Å². The molecule has 15 nitrogen and oxygen atoms in total. The van der Waals surface area contributed by atoms with E-state index in [2.05, 4.69) is 29.9 Å². The Balaban J connectivity index is 1.57. The summed E-state index contributed by atoms with van der Waals surface area (Å²) in [6.07, 6.45) is -3.35. The number of non-ortho nitro benzene ring substituents is 1. The van der Waals surface area contributed by atoms with E-state index in [0.717, 1.165) is 11.8 Å².